The molecule has 158 valence electrons. The van der Waals surface area contributed by atoms with E-state index in [1.807, 2.05) is 0 Å². The fourth-order valence-electron chi connectivity index (χ4n) is 0.289. The molecular weight excluding hydrogens is 494 g/mol. The Balaban J connectivity index is -0.0000000105. The van der Waals surface area contributed by atoms with Crippen molar-refractivity contribution in [3.05, 3.63) is 53.2 Å². The van der Waals surface area contributed by atoms with Crippen molar-refractivity contribution >= 4 is 25.3 Å². The molecule has 0 aliphatic heterocycles. The van der Waals surface area contributed by atoms with Gasteiger partial charge in [-0.05, 0) is 0 Å². The minimum absolute atomic E-state index is 0. The molecule has 0 spiro atoms. The quantitative estimate of drug-likeness (QED) is 0.245. The van der Waals surface area contributed by atoms with E-state index in [1.165, 1.54) is 25.7 Å². The van der Waals surface area contributed by atoms with Crippen LogP contribution in [-0.4, -0.2) is 11.5 Å². The van der Waals surface area contributed by atoms with Gasteiger partial charge in [0.2, 0.25) is 0 Å². The van der Waals surface area contributed by atoms with E-state index >= 15 is 0 Å². The molecule has 0 unspecified atom stereocenters. The summed E-state index contributed by atoms with van der Waals surface area (Å²) >= 11 is 9.30. The van der Waals surface area contributed by atoms with Crippen LogP contribution in [0.25, 0.3) is 0 Å². The van der Waals surface area contributed by atoms with Crippen molar-refractivity contribution in [2.75, 3.05) is 11.5 Å². The molecule has 0 N–H and O–H groups in total. The first-order valence-corrected chi connectivity index (χ1v) is 6.78. The summed E-state index contributed by atoms with van der Waals surface area (Å²) in [6, 6.07) is 0. The molecule has 0 heterocycles. The second kappa shape index (κ2) is 548. The number of rotatable bonds is 4. The van der Waals surface area contributed by atoms with Crippen LogP contribution in [0.2, 0.25) is 0 Å². The zero-order chi connectivity index (χ0) is 24.2. The molecule has 0 aromatic rings. The van der Waals surface area contributed by atoms with Crippen LogP contribution >= 0.6 is 0 Å². The first kappa shape index (κ1) is 80.2. The number of hydrogen-bond donors (Lipinski definition) is 0. The molecule has 0 aromatic carbocycles. The first-order chi connectivity index (χ1) is 12.8. The van der Waals surface area contributed by atoms with E-state index in [0.29, 0.717) is 0 Å². The maximum atomic E-state index is 7.50. The Morgan fingerprint density at radius 1 is 0.429 bits per heavy atom. The van der Waals surface area contributed by atoms with Crippen molar-refractivity contribution < 1.29 is 71.4 Å². The molecule has 0 rings (SSSR count). The zero-order valence-electron chi connectivity index (χ0n) is 15.1. The van der Waals surface area contributed by atoms with E-state index in [1.54, 1.807) is 0 Å². The third kappa shape index (κ3) is 1170. The Morgan fingerprint density at radius 3 is 0.536 bits per heavy atom. The van der Waals surface area contributed by atoms with Gasteiger partial charge in [-0.2, -0.15) is 11.5 Å². The molecule has 0 aliphatic rings. The van der Waals surface area contributed by atoms with Crippen molar-refractivity contribution in [2.24, 2.45) is 0 Å². The summed E-state index contributed by atoms with van der Waals surface area (Å²) in [5.74, 6) is 1.85. The Hall–Kier alpha value is -0.341. The van der Waals surface area contributed by atoms with Crippen LogP contribution < -0.4 is 0 Å². The van der Waals surface area contributed by atoms with E-state index in [4.69, 9.17) is 37.2 Å². The van der Waals surface area contributed by atoms with Crippen LogP contribution in [0, 0.1) is 53.2 Å². The van der Waals surface area contributed by atoms with Crippen molar-refractivity contribution in [3.63, 3.8) is 0 Å². The van der Waals surface area contributed by atoms with Gasteiger partial charge in [-0.25, -0.2) is 0 Å². The third-order valence-electron chi connectivity index (χ3n) is 0.996. The molecule has 0 bridgehead atoms. The Labute approximate surface area is 200 Å². The average molecular weight is 512 g/mol. The van der Waals surface area contributed by atoms with Crippen LogP contribution in [0.1, 0.15) is 39.5 Å². The molecule has 0 atom stereocenters. The van der Waals surface area contributed by atoms with Gasteiger partial charge in [-0.15, -0.1) is 0 Å². The molecule has 0 fully saturated rings. The van der Waals surface area contributed by atoms with Gasteiger partial charge in [-0.3, -0.25) is 0 Å². The summed E-state index contributed by atoms with van der Waals surface area (Å²) in [5.41, 5.74) is 0. The van der Waals surface area contributed by atoms with Crippen LogP contribution in [0.15, 0.2) is 0 Å². The minimum atomic E-state index is 0. The molecule has 2 radical (unpaired) electrons. The summed E-state index contributed by atoms with van der Waals surface area (Å²) < 4.78 is 60.0. The fraction of sp³-hybridized carbons (Fsp3) is 0.500. The predicted octanol–water partition coefficient (Wildman–Crippen LogP) is 2.36. The Bertz CT molecular complexity index is 217. The van der Waals surface area contributed by atoms with Crippen LogP contribution in [0.3, 0.4) is 0 Å². The molecule has 0 saturated heterocycles. The van der Waals surface area contributed by atoms with E-state index < -0.39 is 0 Å². The summed E-state index contributed by atoms with van der Waals surface area (Å²) in [4.78, 5) is 0. The van der Waals surface area contributed by atoms with Crippen molar-refractivity contribution in [1.82, 2.24) is 0 Å². The standard InChI is InChI=1S/2C4H10S.8CO.2Mn/c2*1-2-3-4-5;8*1-2;;/h2*5H,2-4H2,1H3;;;;;;;;;;/p-2. The van der Waals surface area contributed by atoms with Gasteiger partial charge in [-0.1, -0.05) is 39.5 Å². The number of unbranched alkanes of at least 4 members (excludes halogenated alkanes) is 2. The van der Waals surface area contributed by atoms with Gasteiger partial charge >= 0.3 is 90.4 Å². The molecule has 28 heavy (non-hydrogen) atoms. The van der Waals surface area contributed by atoms with E-state index in [-0.39, 0.29) is 34.1 Å². The average Bonchev–Trinajstić information content (AvgIpc) is 2.81. The maximum absolute atomic E-state index is 7.50. The van der Waals surface area contributed by atoms with Crippen molar-refractivity contribution in [1.29, 1.82) is 0 Å². The molecule has 12 heteroatoms. The maximum Gasteiger partial charge on any atom is 0 e. The van der Waals surface area contributed by atoms with Crippen molar-refractivity contribution in [3.8, 4) is 0 Å². The monoisotopic (exact) mass is 512 g/mol. The van der Waals surface area contributed by atoms with E-state index in [0.717, 1.165) is 11.5 Å². The van der Waals surface area contributed by atoms with Crippen LogP contribution in [-0.2, 0) is 96.6 Å². The summed E-state index contributed by atoms with van der Waals surface area (Å²) in [5, 5.41) is 0. The third-order valence-corrected chi connectivity index (χ3v) is 1.57. The molecule has 0 aliphatic carbocycles. The smallest absolute Gasteiger partial charge is 0 e. The van der Waals surface area contributed by atoms with Gasteiger partial charge in [0.15, 0.2) is 0 Å². The predicted molar refractivity (Wildman–Crippen MR) is 85.7 cm³/mol. The summed E-state index contributed by atoms with van der Waals surface area (Å²) in [7, 11) is 0. The van der Waals surface area contributed by atoms with E-state index in [9.17, 15) is 0 Å². The topological polar surface area (TPSA) is 159 Å². The summed E-state index contributed by atoms with van der Waals surface area (Å²) in [6.07, 6.45) is 4.89. The molecule has 0 saturated carbocycles. The molecule has 0 amide bonds. The van der Waals surface area contributed by atoms with Gasteiger partial charge in [0.05, 0.1) is 0 Å². The Morgan fingerprint density at radius 2 is 0.536 bits per heavy atom. The largest absolute Gasteiger partial charge is 0 e. The summed E-state index contributed by atoms with van der Waals surface area (Å²) in [6.45, 7) is 40.3. The second-order valence-corrected chi connectivity index (χ2v) is 2.93. The van der Waals surface area contributed by atoms with Crippen LogP contribution in [0.4, 0.5) is 0 Å². The van der Waals surface area contributed by atoms with Gasteiger partial charge < -0.3 is 25.3 Å². The number of hydrogen-bond acceptors (Lipinski definition) is 2. The minimum Gasteiger partial charge on any atom is 0 e. The zero-order valence-corrected chi connectivity index (χ0v) is 19.1. The normalized spacial score (nSPS) is 3.57. The second-order valence-electron chi connectivity index (χ2n) is 2.12. The fourth-order valence-corrected chi connectivity index (χ4v) is 0.866. The molecular formula is C16H18Mn2O8S2-2. The molecule has 0 aromatic heterocycles. The first-order valence-electron chi connectivity index (χ1n) is 5.62. The van der Waals surface area contributed by atoms with Gasteiger partial charge in [0.25, 0.3) is 0 Å². The van der Waals surface area contributed by atoms with Crippen LogP contribution in [0.5, 0.6) is 0 Å². The van der Waals surface area contributed by atoms with E-state index in [2.05, 4.69) is 92.3 Å². The van der Waals surface area contributed by atoms with Gasteiger partial charge in [0.1, 0.15) is 0 Å². The Kier molecular flexibility index (Phi) is 1570. The van der Waals surface area contributed by atoms with Crippen molar-refractivity contribution in [2.45, 2.75) is 39.5 Å². The van der Waals surface area contributed by atoms with Gasteiger partial charge in [0, 0.05) is 34.1 Å². The molecule has 8 nitrogen and oxygen atoms in total. The SMILES string of the molecule is CCCC[S-].CCCC[S-].[C-]#[O+].[C-]#[O+].[C-]#[O+].[C-]#[O+].[C-]#[O+].[C-]#[O+].[C-]#[O+].[C-]#[O+].[Mn].[Mn].